The Hall–Kier alpha value is -4.24. The van der Waals surface area contributed by atoms with Gasteiger partial charge in [-0.25, -0.2) is 14.6 Å². The second-order valence-electron chi connectivity index (χ2n) is 7.39. The molecule has 0 radical (unpaired) electrons. The highest BCUT2D eigenvalue weighted by Crippen LogP contribution is 2.28. The third kappa shape index (κ3) is 6.39. The van der Waals surface area contributed by atoms with Crippen molar-refractivity contribution in [2.24, 2.45) is 0 Å². The van der Waals surface area contributed by atoms with Crippen LogP contribution in [0.3, 0.4) is 0 Å². The number of ether oxygens (including phenoxy) is 2. The summed E-state index contributed by atoms with van der Waals surface area (Å²) in [7, 11) is 0. The molecule has 9 heteroatoms. The average molecular weight is 459 g/mol. The minimum Gasteiger partial charge on any atom is -0.490 e. The number of benzene rings is 2. The zero-order valence-corrected chi connectivity index (χ0v) is 18.8. The molecule has 2 N–H and O–H groups in total. The van der Waals surface area contributed by atoms with E-state index in [0.717, 1.165) is 22.6 Å². The van der Waals surface area contributed by atoms with Crippen molar-refractivity contribution >= 4 is 11.6 Å². The average Bonchev–Trinajstić information content (AvgIpc) is 3.40. The van der Waals surface area contributed by atoms with Crippen molar-refractivity contribution in [3.05, 3.63) is 90.6 Å². The van der Waals surface area contributed by atoms with Gasteiger partial charge >= 0.3 is 0 Å². The Labute approximate surface area is 197 Å². The van der Waals surface area contributed by atoms with Gasteiger partial charge in [-0.2, -0.15) is 5.10 Å². The van der Waals surface area contributed by atoms with Crippen molar-refractivity contribution in [1.82, 2.24) is 25.1 Å². The predicted octanol–water partition coefficient (Wildman–Crippen LogP) is 3.37. The van der Waals surface area contributed by atoms with Crippen LogP contribution in [0.2, 0.25) is 0 Å². The molecule has 0 spiro atoms. The van der Waals surface area contributed by atoms with Gasteiger partial charge in [0.1, 0.15) is 12.7 Å². The molecule has 2 aromatic carbocycles. The minimum atomic E-state index is -0.233. The maximum Gasteiger partial charge on any atom is 0.262 e. The minimum absolute atomic E-state index is 0.107. The monoisotopic (exact) mass is 458 g/mol. The molecule has 0 bridgehead atoms. The summed E-state index contributed by atoms with van der Waals surface area (Å²) in [4.78, 5) is 20.5. The Morgan fingerprint density at radius 2 is 1.79 bits per heavy atom. The highest BCUT2D eigenvalue weighted by molar-refractivity contribution is 5.91. The van der Waals surface area contributed by atoms with E-state index in [-0.39, 0.29) is 12.5 Å². The highest BCUT2D eigenvalue weighted by atomic mass is 16.5. The van der Waals surface area contributed by atoms with E-state index in [4.69, 9.17) is 9.47 Å². The van der Waals surface area contributed by atoms with E-state index in [1.54, 1.807) is 11.0 Å². The third-order valence-corrected chi connectivity index (χ3v) is 4.85. The van der Waals surface area contributed by atoms with E-state index >= 15 is 0 Å². The largest absolute Gasteiger partial charge is 0.490 e. The van der Waals surface area contributed by atoms with Crippen molar-refractivity contribution in [1.29, 1.82) is 0 Å². The van der Waals surface area contributed by atoms with Crippen LogP contribution >= 0.6 is 0 Å². The molecule has 0 fully saturated rings. The number of rotatable bonds is 11. The Morgan fingerprint density at radius 3 is 2.53 bits per heavy atom. The number of nitrogens with zero attached hydrogens (tertiary/aromatic N) is 4. The number of hydrogen-bond acceptors (Lipinski definition) is 7. The van der Waals surface area contributed by atoms with Gasteiger partial charge in [0, 0.05) is 25.0 Å². The van der Waals surface area contributed by atoms with Crippen molar-refractivity contribution in [3.8, 4) is 17.3 Å². The van der Waals surface area contributed by atoms with Gasteiger partial charge in [0.05, 0.1) is 6.61 Å². The van der Waals surface area contributed by atoms with Crippen LogP contribution in [0.25, 0.3) is 5.82 Å². The number of nitrogens with one attached hydrogen (secondary N) is 2. The molecule has 2 aromatic heterocycles. The fraction of sp³-hybridized carbons (Fsp3) is 0.200. The van der Waals surface area contributed by atoms with Crippen molar-refractivity contribution in [2.45, 2.75) is 20.0 Å². The van der Waals surface area contributed by atoms with Crippen LogP contribution < -0.4 is 20.1 Å². The Kier molecular flexibility index (Phi) is 7.81. The second-order valence-corrected chi connectivity index (χ2v) is 7.39. The van der Waals surface area contributed by atoms with Crippen molar-refractivity contribution < 1.29 is 14.3 Å². The third-order valence-electron chi connectivity index (χ3n) is 4.85. The molecule has 0 aliphatic rings. The van der Waals surface area contributed by atoms with Crippen LogP contribution in [0.5, 0.6) is 11.5 Å². The molecule has 34 heavy (non-hydrogen) atoms. The standard InChI is InChI=1S/C25H26N6O3/c1-2-33-23-12-19(8-10-22(23)34-16-25(32)30-21-6-4-3-5-7-21)13-26-14-20-9-11-24(28-15-20)31-18-27-17-29-31/h3-12,15,17-18,26H,2,13-14,16H2,1H3,(H,30,32). The molecular weight excluding hydrogens is 432 g/mol. The van der Waals surface area contributed by atoms with Crippen molar-refractivity contribution in [2.75, 3.05) is 18.5 Å². The summed E-state index contributed by atoms with van der Waals surface area (Å²) < 4.78 is 13.1. The summed E-state index contributed by atoms with van der Waals surface area (Å²) in [6.45, 7) is 3.59. The molecule has 4 aromatic rings. The first-order valence-electron chi connectivity index (χ1n) is 11.0. The van der Waals surface area contributed by atoms with Gasteiger partial charge in [-0.3, -0.25) is 4.79 Å². The molecule has 2 heterocycles. The second kappa shape index (κ2) is 11.6. The SMILES string of the molecule is CCOc1cc(CNCc2ccc(-n3cncn3)nc2)ccc1OCC(=O)Nc1ccccc1. The zero-order chi connectivity index (χ0) is 23.6. The van der Waals surface area contributed by atoms with Crippen LogP contribution in [-0.4, -0.2) is 38.9 Å². The van der Waals surface area contributed by atoms with Crippen LogP contribution in [0.4, 0.5) is 5.69 Å². The molecule has 0 atom stereocenters. The van der Waals surface area contributed by atoms with E-state index in [9.17, 15) is 4.79 Å². The van der Waals surface area contributed by atoms with Gasteiger partial charge < -0.3 is 20.1 Å². The molecule has 174 valence electrons. The normalized spacial score (nSPS) is 10.6. The number of anilines is 1. The number of pyridine rings is 1. The molecule has 4 rings (SSSR count). The fourth-order valence-corrected chi connectivity index (χ4v) is 3.25. The summed E-state index contributed by atoms with van der Waals surface area (Å²) in [6.07, 6.45) is 4.90. The lowest BCUT2D eigenvalue weighted by Crippen LogP contribution is -2.20. The lowest BCUT2D eigenvalue weighted by atomic mass is 10.2. The lowest BCUT2D eigenvalue weighted by molar-refractivity contribution is -0.118. The van der Waals surface area contributed by atoms with Gasteiger partial charge in [-0.05, 0) is 48.4 Å². The summed E-state index contributed by atoms with van der Waals surface area (Å²) in [5, 5.41) is 10.3. The Balaban J connectivity index is 1.29. The fourth-order valence-electron chi connectivity index (χ4n) is 3.25. The summed E-state index contributed by atoms with van der Waals surface area (Å²) in [5.74, 6) is 1.62. The number of hydrogen-bond donors (Lipinski definition) is 2. The van der Waals surface area contributed by atoms with E-state index in [1.165, 1.54) is 6.33 Å². The summed E-state index contributed by atoms with van der Waals surface area (Å²) >= 11 is 0. The first-order valence-corrected chi connectivity index (χ1v) is 11.0. The van der Waals surface area contributed by atoms with Crippen LogP contribution in [0.1, 0.15) is 18.1 Å². The van der Waals surface area contributed by atoms with Gasteiger partial charge in [-0.1, -0.05) is 30.3 Å². The smallest absolute Gasteiger partial charge is 0.262 e. The summed E-state index contributed by atoms with van der Waals surface area (Å²) in [6, 6.07) is 18.9. The van der Waals surface area contributed by atoms with Gasteiger partial charge in [0.2, 0.25) is 0 Å². The van der Waals surface area contributed by atoms with Crippen LogP contribution in [-0.2, 0) is 17.9 Å². The van der Waals surface area contributed by atoms with Crippen molar-refractivity contribution in [3.63, 3.8) is 0 Å². The number of carbonyl (C=O) groups excluding carboxylic acids is 1. The molecule has 9 nitrogen and oxygen atoms in total. The molecule has 0 aliphatic carbocycles. The molecular formula is C25H26N6O3. The quantitative estimate of drug-likeness (QED) is 0.355. The van der Waals surface area contributed by atoms with Crippen LogP contribution in [0.15, 0.2) is 79.5 Å². The number of carbonyl (C=O) groups is 1. The first kappa shape index (κ1) is 22.9. The highest BCUT2D eigenvalue weighted by Gasteiger charge is 2.10. The maximum atomic E-state index is 12.2. The maximum absolute atomic E-state index is 12.2. The number of aromatic nitrogens is 4. The van der Waals surface area contributed by atoms with E-state index in [0.29, 0.717) is 31.2 Å². The molecule has 0 saturated heterocycles. The van der Waals surface area contributed by atoms with E-state index < -0.39 is 0 Å². The Bertz CT molecular complexity index is 1180. The number of para-hydroxylation sites is 1. The van der Waals surface area contributed by atoms with E-state index in [2.05, 4.69) is 25.7 Å². The lowest BCUT2D eigenvalue weighted by Gasteiger charge is -2.14. The molecule has 0 saturated carbocycles. The topological polar surface area (TPSA) is 103 Å². The van der Waals surface area contributed by atoms with E-state index in [1.807, 2.05) is 73.8 Å². The summed E-state index contributed by atoms with van der Waals surface area (Å²) in [5.41, 5.74) is 2.82. The van der Waals surface area contributed by atoms with Gasteiger partial charge in [-0.15, -0.1) is 0 Å². The predicted molar refractivity (Wildman–Crippen MR) is 128 cm³/mol. The first-order chi connectivity index (χ1) is 16.7. The van der Waals surface area contributed by atoms with Gasteiger partial charge in [0.15, 0.2) is 23.9 Å². The number of amides is 1. The molecule has 0 aliphatic heterocycles. The van der Waals surface area contributed by atoms with Crippen LogP contribution in [0, 0.1) is 0 Å². The zero-order valence-electron chi connectivity index (χ0n) is 18.8. The molecule has 1 amide bonds. The van der Waals surface area contributed by atoms with Gasteiger partial charge in [0.25, 0.3) is 5.91 Å². The Morgan fingerprint density at radius 1 is 0.971 bits per heavy atom. The molecule has 0 unspecified atom stereocenters.